The number of Topliss-reactive ketones (excluding diaryl/α,β-unsaturated/α-hetero) is 1. The topological polar surface area (TPSA) is 138 Å². The number of aromatic hydroxyl groups is 1. The van der Waals surface area contributed by atoms with Crippen molar-refractivity contribution in [3.63, 3.8) is 0 Å². The van der Waals surface area contributed by atoms with Gasteiger partial charge in [0.25, 0.3) is 0 Å². The van der Waals surface area contributed by atoms with E-state index in [2.05, 4.69) is 31.9 Å². The number of anilines is 1. The zero-order valence-corrected chi connectivity index (χ0v) is 24.6. The van der Waals surface area contributed by atoms with Crippen LogP contribution in [0.2, 0.25) is 0 Å². The molecule has 9 nitrogen and oxygen atoms in total. The van der Waals surface area contributed by atoms with Gasteiger partial charge in [-0.3, -0.25) is 24.1 Å². The van der Waals surface area contributed by atoms with Gasteiger partial charge in [-0.2, -0.15) is 0 Å². The number of carboxylic acids is 1. The van der Waals surface area contributed by atoms with Crippen LogP contribution in [0.3, 0.4) is 0 Å². The molecule has 1 aliphatic heterocycles. The van der Waals surface area contributed by atoms with E-state index in [-0.39, 0.29) is 57.2 Å². The second-order valence-corrected chi connectivity index (χ2v) is 12.0. The summed E-state index contributed by atoms with van der Waals surface area (Å²) in [4.78, 5) is 67.0. The van der Waals surface area contributed by atoms with Crippen LogP contribution in [0, 0.1) is 17.8 Å². The maximum absolute atomic E-state index is 14.0. The standard InChI is InChI=1S/C30H21Br2NO8/c1-41-22-9-13(8-19(31)27(22)36)23-15-5-6-16-24(17(15)10-18-25(23)21(34)11-20(32)26(18)35)29(38)33(28(16)37)14-4-2-3-12(7-14)30(39)40/h2-5,7-9,11,16-17,23-24,36H,6,10H2,1H3,(H,39,40)/t16-,17+,23-,24-/m0/s1. The zero-order valence-electron chi connectivity index (χ0n) is 21.4. The normalized spacial score (nSPS) is 25.4. The number of carboxylic acid groups (broad SMARTS) is 1. The maximum Gasteiger partial charge on any atom is 0.335 e. The van der Waals surface area contributed by atoms with Crippen LogP contribution in [-0.4, -0.2) is 46.7 Å². The predicted octanol–water partition coefficient (Wildman–Crippen LogP) is 4.83. The molecule has 0 unspecified atom stereocenters. The minimum Gasteiger partial charge on any atom is -0.503 e. The zero-order chi connectivity index (χ0) is 29.3. The van der Waals surface area contributed by atoms with Crippen LogP contribution in [0.15, 0.2) is 74.2 Å². The highest BCUT2D eigenvalue weighted by molar-refractivity contribution is 9.12. The summed E-state index contributed by atoms with van der Waals surface area (Å²) < 4.78 is 5.79. The minimum absolute atomic E-state index is 0.0564. The highest BCUT2D eigenvalue weighted by Crippen LogP contribution is 2.56. The molecule has 3 aliphatic carbocycles. The Balaban J connectivity index is 1.49. The average Bonchev–Trinajstić information content (AvgIpc) is 3.21. The monoisotopic (exact) mass is 681 g/mol. The van der Waals surface area contributed by atoms with Gasteiger partial charge in [0.05, 0.1) is 39.2 Å². The summed E-state index contributed by atoms with van der Waals surface area (Å²) >= 11 is 6.55. The number of amides is 2. The Labute approximate surface area is 250 Å². The smallest absolute Gasteiger partial charge is 0.335 e. The summed E-state index contributed by atoms with van der Waals surface area (Å²) in [5, 5.41) is 19.9. The van der Waals surface area contributed by atoms with Crippen LogP contribution >= 0.6 is 31.9 Å². The lowest BCUT2D eigenvalue weighted by molar-refractivity contribution is -0.123. The molecule has 0 spiro atoms. The molecule has 0 saturated carbocycles. The number of carbonyl (C=O) groups excluding carboxylic acids is 4. The lowest BCUT2D eigenvalue weighted by Crippen LogP contribution is -2.39. The average molecular weight is 683 g/mol. The van der Waals surface area contributed by atoms with Crippen molar-refractivity contribution in [1.29, 1.82) is 0 Å². The predicted molar refractivity (Wildman–Crippen MR) is 153 cm³/mol. The van der Waals surface area contributed by atoms with Crippen LogP contribution in [0.25, 0.3) is 0 Å². The van der Waals surface area contributed by atoms with Crippen molar-refractivity contribution < 1.29 is 38.9 Å². The molecule has 0 radical (unpaired) electrons. The summed E-state index contributed by atoms with van der Waals surface area (Å²) in [6.07, 6.45) is 3.44. The lowest BCUT2D eigenvalue weighted by Gasteiger charge is -2.42. The van der Waals surface area contributed by atoms with Crippen molar-refractivity contribution in [2.24, 2.45) is 17.8 Å². The fourth-order valence-corrected chi connectivity index (χ4v) is 7.44. The first-order chi connectivity index (χ1) is 19.5. The van der Waals surface area contributed by atoms with Gasteiger partial charge in [-0.25, -0.2) is 4.79 Å². The first-order valence-corrected chi connectivity index (χ1v) is 14.3. The van der Waals surface area contributed by atoms with E-state index in [4.69, 9.17) is 4.74 Å². The summed E-state index contributed by atoms with van der Waals surface area (Å²) in [7, 11) is 1.40. The number of carbonyl (C=O) groups is 5. The highest BCUT2D eigenvalue weighted by atomic mass is 79.9. The number of ether oxygens (including phenoxy) is 1. The second kappa shape index (κ2) is 9.92. The van der Waals surface area contributed by atoms with Crippen molar-refractivity contribution >= 4 is 66.9 Å². The van der Waals surface area contributed by atoms with Gasteiger partial charge < -0.3 is 14.9 Å². The molecule has 4 atom stereocenters. The largest absolute Gasteiger partial charge is 0.503 e. The molecule has 6 rings (SSSR count). The van der Waals surface area contributed by atoms with Gasteiger partial charge in [-0.15, -0.1) is 0 Å². The molecule has 2 N–H and O–H groups in total. The van der Waals surface area contributed by atoms with Crippen molar-refractivity contribution in [1.82, 2.24) is 0 Å². The van der Waals surface area contributed by atoms with Crippen LogP contribution in [0.1, 0.15) is 34.7 Å². The molecule has 2 aromatic rings. The SMILES string of the molecule is COc1cc([C@H]2C3=CC[C@@H]4C(=O)N(c5cccc(C(=O)O)c5)C(=O)[C@@H]4[C@@H]3CC3=C2C(=O)C=C(Br)C3=O)cc(Br)c1O. The first-order valence-electron chi connectivity index (χ1n) is 12.7. The van der Waals surface area contributed by atoms with E-state index in [1.807, 2.05) is 6.08 Å². The number of aromatic carboxylic acids is 1. The number of nitrogens with zero attached hydrogens (tertiary/aromatic N) is 1. The molecule has 1 fully saturated rings. The van der Waals surface area contributed by atoms with E-state index >= 15 is 0 Å². The molecule has 0 bridgehead atoms. The molecule has 1 heterocycles. The number of rotatable bonds is 4. The Bertz CT molecular complexity index is 1700. The lowest BCUT2D eigenvalue weighted by atomic mass is 9.59. The minimum atomic E-state index is -1.18. The Morgan fingerprint density at radius 3 is 2.51 bits per heavy atom. The Morgan fingerprint density at radius 2 is 1.80 bits per heavy atom. The second-order valence-electron chi connectivity index (χ2n) is 10.3. The quantitative estimate of drug-likeness (QED) is 0.266. The number of phenols is 1. The maximum atomic E-state index is 14.0. The van der Waals surface area contributed by atoms with Gasteiger partial charge in [0, 0.05) is 23.1 Å². The van der Waals surface area contributed by atoms with E-state index in [1.165, 1.54) is 37.5 Å². The van der Waals surface area contributed by atoms with Crippen molar-refractivity contribution in [2.75, 3.05) is 12.0 Å². The molecule has 4 aliphatic rings. The summed E-state index contributed by atoms with van der Waals surface area (Å²) in [6, 6.07) is 8.92. The summed E-state index contributed by atoms with van der Waals surface area (Å²) in [6.45, 7) is 0. The fourth-order valence-electron chi connectivity index (χ4n) is 6.53. The van der Waals surface area contributed by atoms with E-state index in [0.29, 0.717) is 15.6 Å². The molecular weight excluding hydrogens is 662 g/mol. The summed E-state index contributed by atoms with van der Waals surface area (Å²) in [5.41, 5.74) is 1.99. The number of imide groups is 1. The van der Waals surface area contributed by atoms with E-state index < -0.39 is 41.5 Å². The third-order valence-corrected chi connectivity index (χ3v) is 9.48. The van der Waals surface area contributed by atoms with E-state index in [1.54, 1.807) is 12.1 Å². The summed E-state index contributed by atoms with van der Waals surface area (Å²) in [5.74, 6) is -5.59. The van der Waals surface area contributed by atoms with Gasteiger partial charge in [-0.1, -0.05) is 17.7 Å². The molecule has 1 saturated heterocycles. The fraction of sp³-hybridized carbons (Fsp3) is 0.233. The number of ketones is 2. The Hall–Kier alpha value is -3.83. The van der Waals surface area contributed by atoms with Crippen LogP contribution < -0.4 is 9.64 Å². The van der Waals surface area contributed by atoms with Gasteiger partial charge in [-0.05, 0) is 86.5 Å². The van der Waals surface area contributed by atoms with Crippen molar-refractivity contribution in [2.45, 2.75) is 18.8 Å². The highest BCUT2D eigenvalue weighted by Gasteiger charge is 2.56. The molecule has 41 heavy (non-hydrogen) atoms. The third-order valence-electron chi connectivity index (χ3n) is 8.29. The number of hydrogen-bond acceptors (Lipinski definition) is 7. The number of methoxy groups -OCH3 is 1. The van der Waals surface area contributed by atoms with Gasteiger partial charge in [0.15, 0.2) is 23.1 Å². The Kier molecular flexibility index (Phi) is 6.61. The van der Waals surface area contributed by atoms with Gasteiger partial charge in [0.1, 0.15) is 0 Å². The number of halogens is 2. The molecule has 2 amide bonds. The van der Waals surface area contributed by atoms with Crippen LogP contribution in [0.4, 0.5) is 5.69 Å². The molecule has 2 aromatic carbocycles. The van der Waals surface area contributed by atoms with Gasteiger partial charge in [0.2, 0.25) is 11.8 Å². The third kappa shape index (κ3) is 4.13. The van der Waals surface area contributed by atoms with Crippen LogP contribution in [-0.2, 0) is 19.2 Å². The van der Waals surface area contributed by atoms with Crippen molar-refractivity contribution in [3.8, 4) is 11.5 Å². The number of benzene rings is 2. The number of hydrogen-bond donors (Lipinski definition) is 2. The number of fused-ring (bicyclic) bond motifs is 3. The number of allylic oxidation sites excluding steroid dienone is 6. The van der Waals surface area contributed by atoms with Gasteiger partial charge >= 0.3 is 5.97 Å². The van der Waals surface area contributed by atoms with E-state index in [9.17, 15) is 34.2 Å². The molecule has 0 aromatic heterocycles. The van der Waals surface area contributed by atoms with E-state index in [0.717, 1.165) is 10.5 Å². The number of phenolic OH excluding ortho intramolecular Hbond substituents is 1. The van der Waals surface area contributed by atoms with Crippen molar-refractivity contribution in [3.05, 3.63) is 85.4 Å². The Morgan fingerprint density at radius 1 is 1.05 bits per heavy atom. The first kappa shape index (κ1) is 27.3. The molecular formula is C30H21Br2NO8. The molecule has 208 valence electrons. The molecule has 11 heteroatoms. The van der Waals surface area contributed by atoms with Crippen LogP contribution in [0.5, 0.6) is 11.5 Å².